The smallest absolute Gasteiger partial charge is 0.358 e. The molecule has 0 spiro atoms. The first kappa shape index (κ1) is 22.6. The van der Waals surface area contributed by atoms with Gasteiger partial charge in [0.2, 0.25) is 20.8 Å². The van der Waals surface area contributed by atoms with Gasteiger partial charge in [0.15, 0.2) is 16.0 Å². The van der Waals surface area contributed by atoms with E-state index in [1.165, 1.54) is 4.90 Å². The summed E-state index contributed by atoms with van der Waals surface area (Å²) in [6.45, 7) is 5.58. The van der Waals surface area contributed by atoms with E-state index in [9.17, 15) is 14.7 Å². The lowest BCUT2D eigenvalue weighted by Gasteiger charge is -2.46. The number of amides is 1. The van der Waals surface area contributed by atoms with Crippen LogP contribution in [0.15, 0.2) is 11.3 Å². The maximum absolute atomic E-state index is 12.7. The Morgan fingerprint density at radius 2 is 2.13 bits per heavy atom. The van der Waals surface area contributed by atoms with E-state index in [-0.39, 0.29) is 29.6 Å². The number of carbonyl (C=O) groups excluding carboxylic acids is 2. The number of fused-ring (bicyclic) bond motifs is 1. The van der Waals surface area contributed by atoms with Gasteiger partial charge in [-0.15, -0.1) is 0 Å². The zero-order chi connectivity index (χ0) is 21.6. The zero-order valence-corrected chi connectivity index (χ0v) is 18.5. The number of aliphatic hydroxyl groups is 1. The van der Waals surface area contributed by atoms with Crippen molar-refractivity contribution in [3.63, 3.8) is 0 Å². The molecule has 4 aliphatic heterocycles. The third-order valence-corrected chi connectivity index (χ3v) is 7.30. The van der Waals surface area contributed by atoms with Crippen LogP contribution >= 0.6 is 17.5 Å². The average molecular weight is 453 g/mol. The summed E-state index contributed by atoms with van der Waals surface area (Å²) in [6.07, 6.45) is -1.25. The summed E-state index contributed by atoms with van der Waals surface area (Å²) in [4.78, 5) is 33.7. The first-order valence-corrected chi connectivity index (χ1v) is 11.7. The Balaban J connectivity index is 1.40. The SMILES string of the molecule is [B]NPOC(=O)C1=C(CN2CC(NC3OP(N[B])O3)C2)[C@H](C)[C@@H]2C([C@@H](C)O)C(=O)N12. The van der Waals surface area contributed by atoms with Crippen LogP contribution in [0.3, 0.4) is 0 Å². The molecule has 1 amide bonds. The van der Waals surface area contributed by atoms with Crippen molar-refractivity contribution in [2.24, 2.45) is 11.8 Å². The van der Waals surface area contributed by atoms with Crippen LogP contribution in [-0.4, -0.2) is 87.0 Å². The molecule has 0 saturated carbocycles. The third kappa shape index (κ3) is 3.96. The number of nitrogens with one attached hydrogen (secondary N) is 3. The summed E-state index contributed by atoms with van der Waals surface area (Å²) in [5.41, 5.74) is 1.12. The summed E-state index contributed by atoms with van der Waals surface area (Å²) in [7, 11) is 8.84. The van der Waals surface area contributed by atoms with Crippen LogP contribution in [0.5, 0.6) is 0 Å². The number of hydrogen-bond donors (Lipinski definition) is 4. The Labute approximate surface area is 180 Å². The van der Waals surface area contributed by atoms with Crippen molar-refractivity contribution >= 4 is 45.3 Å². The van der Waals surface area contributed by atoms with Crippen molar-refractivity contribution in [3.8, 4) is 0 Å². The van der Waals surface area contributed by atoms with Gasteiger partial charge >= 0.3 is 5.97 Å². The molecule has 4 aliphatic rings. The summed E-state index contributed by atoms with van der Waals surface area (Å²) in [5, 5.41) is 13.2. The van der Waals surface area contributed by atoms with Crippen LogP contribution < -0.4 is 15.3 Å². The Morgan fingerprint density at radius 3 is 2.73 bits per heavy atom. The molecule has 160 valence electrons. The van der Waals surface area contributed by atoms with E-state index in [0.29, 0.717) is 6.54 Å². The Hall–Kier alpha value is -0.610. The van der Waals surface area contributed by atoms with E-state index in [2.05, 4.69) is 20.2 Å². The van der Waals surface area contributed by atoms with Crippen LogP contribution in [0.2, 0.25) is 0 Å². The summed E-state index contributed by atoms with van der Waals surface area (Å²) in [5.74, 6) is -1.41. The fourth-order valence-corrected chi connectivity index (χ4v) is 5.36. The van der Waals surface area contributed by atoms with Gasteiger partial charge < -0.3 is 24.5 Å². The number of nitrogens with zero attached hydrogens (tertiary/aromatic N) is 2. The summed E-state index contributed by atoms with van der Waals surface area (Å²) >= 11 is 0. The molecule has 11 nitrogen and oxygen atoms in total. The molecule has 5 atom stereocenters. The molecular weight excluding hydrogens is 430 g/mol. The molecular formula is C15H23B2N5O6P2. The quantitative estimate of drug-likeness (QED) is 0.183. The van der Waals surface area contributed by atoms with Crippen molar-refractivity contribution in [1.82, 2.24) is 25.1 Å². The molecule has 4 radical (unpaired) electrons. The van der Waals surface area contributed by atoms with Crippen LogP contribution in [0.25, 0.3) is 0 Å². The number of rotatable bonds is 9. The topological polar surface area (TPSA) is 125 Å². The molecule has 0 aromatic rings. The minimum atomic E-state index is -1.19. The lowest BCUT2D eigenvalue weighted by atomic mass is 9.77. The first-order valence-electron chi connectivity index (χ1n) is 9.60. The fourth-order valence-electron chi connectivity index (χ4n) is 4.51. The van der Waals surface area contributed by atoms with Crippen LogP contribution in [-0.2, 0) is 23.2 Å². The van der Waals surface area contributed by atoms with Gasteiger partial charge in [-0.25, -0.2) is 4.79 Å². The molecule has 4 heterocycles. The van der Waals surface area contributed by atoms with Gasteiger partial charge in [0.05, 0.1) is 18.1 Å². The molecule has 0 aromatic heterocycles. The predicted octanol–water partition coefficient (Wildman–Crippen LogP) is -1.67. The first-order chi connectivity index (χ1) is 14.3. The monoisotopic (exact) mass is 453 g/mol. The van der Waals surface area contributed by atoms with Gasteiger partial charge in [-0.3, -0.25) is 24.1 Å². The normalized spacial score (nSPS) is 35.2. The van der Waals surface area contributed by atoms with Crippen LogP contribution in [0.4, 0.5) is 0 Å². The average Bonchev–Trinajstić information content (AvgIpc) is 2.88. The maximum atomic E-state index is 12.7. The highest BCUT2D eigenvalue weighted by Crippen LogP contribution is 2.48. The van der Waals surface area contributed by atoms with Crippen LogP contribution in [0.1, 0.15) is 13.8 Å². The number of likely N-dealkylation sites (tertiary alicyclic amines) is 1. The van der Waals surface area contributed by atoms with E-state index in [1.807, 2.05) is 6.92 Å². The molecule has 4 rings (SSSR count). The Bertz CT molecular complexity index is 736. The molecule has 3 fully saturated rings. The van der Waals surface area contributed by atoms with E-state index in [4.69, 9.17) is 29.5 Å². The van der Waals surface area contributed by atoms with Crippen molar-refractivity contribution in [1.29, 1.82) is 0 Å². The molecule has 0 aromatic carbocycles. The van der Waals surface area contributed by atoms with Gasteiger partial charge in [-0.1, -0.05) is 6.92 Å². The van der Waals surface area contributed by atoms with Crippen molar-refractivity contribution in [2.75, 3.05) is 19.6 Å². The predicted molar refractivity (Wildman–Crippen MR) is 110 cm³/mol. The number of hydrogen-bond acceptors (Lipinski definition) is 10. The van der Waals surface area contributed by atoms with E-state index >= 15 is 0 Å². The number of β-lactam (4-membered cyclic amide) rings is 1. The number of carbonyl (C=O) groups is 2. The molecule has 30 heavy (non-hydrogen) atoms. The lowest BCUT2D eigenvalue weighted by molar-refractivity contribution is -0.162. The fraction of sp³-hybridized carbons (Fsp3) is 0.733. The van der Waals surface area contributed by atoms with Crippen molar-refractivity contribution in [2.45, 2.75) is 38.4 Å². The molecule has 3 saturated heterocycles. The molecule has 15 heteroatoms. The van der Waals surface area contributed by atoms with E-state index in [0.717, 1.165) is 18.7 Å². The minimum Gasteiger partial charge on any atom is -0.428 e. The standard InChI is InChI=1S/C15H23B2N5O6P2/c1-6-9(5-21-3-8(4-21)18-15-27-30(20-17)28-15)12(14(25)26-29-19-16)22-11(6)10(7(2)23)13(22)24/h6-8,10-11,15,18-20,23,29H,3-5H2,1-2H3/t6-,7+,10?,11+,15?,30?/m0/s1. The second kappa shape index (κ2) is 9.10. The van der Waals surface area contributed by atoms with Gasteiger partial charge in [0, 0.05) is 31.6 Å². The highest BCUT2D eigenvalue weighted by molar-refractivity contribution is 7.47. The van der Waals surface area contributed by atoms with E-state index in [1.54, 1.807) is 6.92 Å². The largest absolute Gasteiger partial charge is 0.428 e. The third-order valence-electron chi connectivity index (χ3n) is 5.92. The zero-order valence-electron chi connectivity index (χ0n) is 16.6. The van der Waals surface area contributed by atoms with Crippen LogP contribution in [0, 0.1) is 11.8 Å². The van der Waals surface area contributed by atoms with Gasteiger partial charge in [-0.05, 0) is 12.5 Å². The number of aliphatic hydroxyl groups excluding tert-OH is 1. The summed E-state index contributed by atoms with van der Waals surface area (Å²) in [6, 6.07) is -0.0522. The maximum Gasteiger partial charge on any atom is 0.358 e. The summed E-state index contributed by atoms with van der Waals surface area (Å²) < 4.78 is 15.9. The molecule has 2 unspecified atom stereocenters. The van der Waals surface area contributed by atoms with Gasteiger partial charge in [0.25, 0.3) is 0 Å². The second-order valence-corrected chi connectivity index (χ2v) is 9.64. The van der Waals surface area contributed by atoms with Crippen molar-refractivity contribution < 1.29 is 28.3 Å². The highest BCUT2D eigenvalue weighted by atomic mass is 31.2. The Kier molecular flexibility index (Phi) is 6.85. The second-order valence-electron chi connectivity index (χ2n) is 7.75. The Morgan fingerprint density at radius 1 is 1.43 bits per heavy atom. The molecule has 4 N–H and O–H groups in total. The minimum absolute atomic E-state index is 0.0662. The lowest BCUT2D eigenvalue weighted by Crippen LogP contribution is -2.63. The van der Waals surface area contributed by atoms with Crippen molar-refractivity contribution in [3.05, 3.63) is 11.3 Å². The molecule has 0 bridgehead atoms. The van der Waals surface area contributed by atoms with E-state index < -0.39 is 41.9 Å². The van der Waals surface area contributed by atoms with Gasteiger partial charge in [-0.2, -0.15) is 0 Å². The van der Waals surface area contributed by atoms with Gasteiger partial charge in [0.1, 0.15) is 14.7 Å². The highest BCUT2D eigenvalue weighted by Gasteiger charge is 2.60. The molecule has 0 aliphatic carbocycles.